The van der Waals surface area contributed by atoms with Gasteiger partial charge in [-0.1, -0.05) is 39.0 Å². The van der Waals surface area contributed by atoms with Gasteiger partial charge in [-0.25, -0.2) is 0 Å². The third kappa shape index (κ3) is 6.06. The average molecular weight is 306 g/mol. The van der Waals surface area contributed by atoms with Crippen LogP contribution in [-0.2, 0) is 4.79 Å². The maximum atomic E-state index is 11.7. The minimum Gasteiger partial charge on any atom is -0.483 e. The molecule has 0 bridgehead atoms. The smallest absolute Gasteiger partial charge is 0.259 e. The van der Waals surface area contributed by atoms with Gasteiger partial charge >= 0.3 is 0 Å². The molecule has 1 amide bonds. The van der Waals surface area contributed by atoms with Crippen molar-refractivity contribution in [3.05, 3.63) is 29.8 Å². The lowest BCUT2D eigenvalue weighted by Gasteiger charge is -2.21. The van der Waals surface area contributed by atoms with E-state index in [9.17, 15) is 4.79 Å². The summed E-state index contributed by atoms with van der Waals surface area (Å²) in [6.07, 6.45) is 2.14. The highest BCUT2D eigenvalue weighted by Gasteiger charge is 2.15. The number of amides is 1. The van der Waals surface area contributed by atoms with Crippen LogP contribution in [0.4, 0.5) is 0 Å². The Bertz CT molecular complexity index is 458. The van der Waals surface area contributed by atoms with E-state index in [0.29, 0.717) is 5.92 Å². The van der Waals surface area contributed by atoms with Crippen LogP contribution in [0.15, 0.2) is 24.3 Å². The monoisotopic (exact) mass is 306 g/mol. The molecule has 0 aromatic heterocycles. The highest BCUT2D eigenvalue weighted by molar-refractivity contribution is 5.77. The summed E-state index contributed by atoms with van der Waals surface area (Å²) in [4.78, 5) is 13.2. The number of hydrogen-bond acceptors (Lipinski definition) is 3. The molecule has 1 aromatic rings. The fraction of sp³-hybridized carbons (Fsp3) is 0.611. The maximum Gasteiger partial charge on any atom is 0.259 e. The molecule has 4 heteroatoms. The summed E-state index contributed by atoms with van der Waals surface area (Å²) in [5, 5.41) is 3.59. The highest BCUT2D eigenvalue weighted by Crippen LogP contribution is 2.27. The zero-order valence-electron chi connectivity index (χ0n) is 14.6. The summed E-state index contributed by atoms with van der Waals surface area (Å²) in [6, 6.07) is 8.23. The first-order valence-electron chi connectivity index (χ1n) is 8.11. The Kier molecular flexibility index (Phi) is 7.96. The van der Waals surface area contributed by atoms with Gasteiger partial charge in [0, 0.05) is 25.7 Å². The third-order valence-corrected chi connectivity index (χ3v) is 3.67. The van der Waals surface area contributed by atoms with E-state index < -0.39 is 0 Å². The molecule has 0 saturated carbocycles. The normalized spacial score (nSPS) is 12.3. The minimum absolute atomic E-state index is 0.0318. The molecule has 0 saturated heterocycles. The van der Waals surface area contributed by atoms with Crippen molar-refractivity contribution in [1.82, 2.24) is 10.2 Å². The number of ether oxygens (including phenoxy) is 1. The van der Waals surface area contributed by atoms with Crippen LogP contribution >= 0.6 is 0 Å². The van der Waals surface area contributed by atoms with E-state index in [0.717, 1.165) is 30.7 Å². The Morgan fingerprint density at radius 3 is 2.55 bits per heavy atom. The first kappa shape index (κ1) is 18.5. The molecule has 0 radical (unpaired) electrons. The molecule has 22 heavy (non-hydrogen) atoms. The van der Waals surface area contributed by atoms with Gasteiger partial charge in [-0.2, -0.15) is 0 Å². The molecular weight excluding hydrogens is 276 g/mol. The van der Waals surface area contributed by atoms with Gasteiger partial charge in [0.05, 0.1) is 0 Å². The van der Waals surface area contributed by atoms with Crippen LogP contribution in [0, 0.1) is 5.92 Å². The Morgan fingerprint density at radius 1 is 1.27 bits per heavy atom. The van der Waals surface area contributed by atoms with Crippen molar-refractivity contribution in [3.8, 4) is 5.75 Å². The van der Waals surface area contributed by atoms with Crippen molar-refractivity contribution < 1.29 is 9.53 Å². The fourth-order valence-corrected chi connectivity index (χ4v) is 2.19. The van der Waals surface area contributed by atoms with Gasteiger partial charge in [-0.15, -0.1) is 0 Å². The van der Waals surface area contributed by atoms with Gasteiger partial charge in [-0.3, -0.25) is 4.79 Å². The van der Waals surface area contributed by atoms with E-state index in [4.69, 9.17) is 4.74 Å². The molecule has 4 nitrogen and oxygen atoms in total. The molecule has 0 heterocycles. The van der Waals surface area contributed by atoms with Gasteiger partial charge in [0.2, 0.25) is 0 Å². The molecule has 124 valence electrons. The summed E-state index contributed by atoms with van der Waals surface area (Å²) in [7, 11) is 3.47. The standard InChI is InChI=1S/C18H30N2O2/c1-6-16(19-12-11-14(2)3)15-9-7-8-10-17(15)22-13-18(21)20(4)5/h7-10,14,16,19H,6,11-13H2,1-5H3. The number of nitrogens with one attached hydrogen (secondary N) is 1. The van der Waals surface area contributed by atoms with E-state index in [-0.39, 0.29) is 18.6 Å². The molecule has 1 atom stereocenters. The zero-order chi connectivity index (χ0) is 16.5. The van der Waals surface area contributed by atoms with Crippen LogP contribution in [0.2, 0.25) is 0 Å². The van der Waals surface area contributed by atoms with Crippen molar-refractivity contribution in [3.63, 3.8) is 0 Å². The molecule has 0 aliphatic rings. The Labute approximate surface area is 134 Å². The van der Waals surface area contributed by atoms with Crippen LogP contribution < -0.4 is 10.1 Å². The molecule has 0 fully saturated rings. The average Bonchev–Trinajstić information content (AvgIpc) is 2.49. The van der Waals surface area contributed by atoms with Crippen molar-refractivity contribution in [2.24, 2.45) is 5.92 Å². The number of carbonyl (C=O) groups is 1. The topological polar surface area (TPSA) is 41.6 Å². The van der Waals surface area contributed by atoms with Crippen molar-refractivity contribution in [2.45, 2.75) is 39.7 Å². The van der Waals surface area contributed by atoms with Crippen molar-refractivity contribution in [2.75, 3.05) is 27.2 Å². The number of hydrogen-bond donors (Lipinski definition) is 1. The second kappa shape index (κ2) is 9.46. The van der Waals surface area contributed by atoms with Crippen LogP contribution in [0.3, 0.4) is 0 Å². The predicted molar refractivity (Wildman–Crippen MR) is 91.1 cm³/mol. The van der Waals surface area contributed by atoms with Gasteiger partial charge in [0.15, 0.2) is 6.61 Å². The first-order valence-corrected chi connectivity index (χ1v) is 8.11. The van der Waals surface area contributed by atoms with Gasteiger partial charge in [-0.05, 0) is 31.4 Å². The lowest BCUT2D eigenvalue weighted by atomic mass is 10.0. The number of rotatable bonds is 9. The molecule has 0 aliphatic carbocycles. The second-order valence-electron chi connectivity index (χ2n) is 6.21. The van der Waals surface area contributed by atoms with E-state index in [2.05, 4.69) is 32.2 Å². The van der Waals surface area contributed by atoms with Crippen molar-refractivity contribution in [1.29, 1.82) is 0 Å². The van der Waals surface area contributed by atoms with Crippen LogP contribution in [0.1, 0.15) is 45.2 Å². The Hall–Kier alpha value is -1.55. The Morgan fingerprint density at radius 2 is 1.95 bits per heavy atom. The molecule has 1 rings (SSSR count). The summed E-state index contributed by atoms with van der Waals surface area (Å²) < 4.78 is 5.74. The number of benzene rings is 1. The predicted octanol–water partition coefficient (Wildman–Crippen LogP) is 3.24. The molecular formula is C18H30N2O2. The maximum absolute atomic E-state index is 11.7. The first-order chi connectivity index (χ1) is 10.5. The van der Waals surface area contributed by atoms with E-state index in [1.807, 2.05) is 18.2 Å². The summed E-state index contributed by atoms with van der Waals surface area (Å²) in [6.45, 7) is 7.68. The van der Waals surface area contributed by atoms with Gasteiger partial charge < -0.3 is 15.0 Å². The minimum atomic E-state index is -0.0318. The van der Waals surface area contributed by atoms with E-state index >= 15 is 0 Å². The second-order valence-corrected chi connectivity index (χ2v) is 6.21. The lowest BCUT2D eigenvalue weighted by molar-refractivity contribution is -0.130. The molecule has 1 unspecified atom stereocenters. The van der Waals surface area contributed by atoms with Gasteiger partial charge in [0.1, 0.15) is 5.75 Å². The number of nitrogens with zero attached hydrogens (tertiary/aromatic N) is 1. The lowest BCUT2D eigenvalue weighted by Crippen LogP contribution is -2.28. The number of para-hydroxylation sites is 1. The molecule has 1 aromatic carbocycles. The summed E-state index contributed by atoms with van der Waals surface area (Å²) in [5.74, 6) is 1.45. The zero-order valence-corrected chi connectivity index (χ0v) is 14.6. The Balaban J connectivity index is 2.73. The van der Waals surface area contributed by atoms with Crippen LogP contribution in [0.5, 0.6) is 5.75 Å². The summed E-state index contributed by atoms with van der Waals surface area (Å²) in [5.41, 5.74) is 1.13. The summed E-state index contributed by atoms with van der Waals surface area (Å²) >= 11 is 0. The fourth-order valence-electron chi connectivity index (χ4n) is 2.19. The van der Waals surface area contributed by atoms with Gasteiger partial charge in [0.25, 0.3) is 5.91 Å². The molecule has 0 spiro atoms. The third-order valence-electron chi connectivity index (χ3n) is 3.67. The molecule has 0 aliphatic heterocycles. The largest absolute Gasteiger partial charge is 0.483 e. The molecule has 1 N–H and O–H groups in total. The quantitative estimate of drug-likeness (QED) is 0.761. The van der Waals surface area contributed by atoms with E-state index in [1.54, 1.807) is 19.0 Å². The van der Waals surface area contributed by atoms with Crippen LogP contribution in [-0.4, -0.2) is 38.1 Å². The van der Waals surface area contributed by atoms with E-state index in [1.165, 1.54) is 0 Å². The number of carbonyl (C=O) groups excluding carboxylic acids is 1. The van der Waals surface area contributed by atoms with Crippen LogP contribution in [0.25, 0.3) is 0 Å². The van der Waals surface area contributed by atoms with Crippen molar-refractivity contribution >= 4 is 5.91 Å². The highest BCUT2D eigenvalue weighted by atomic mass is 16.5. The number of likely N-dealkylation sites (N-methyl/N-ethyl adjacent to an activating group) is 1. The SMILES string of the molecule is CCC(NCCC(C)C)c1ccccc1OCC(=O)N(C)C.